The number of nitrogens with zero attached hydrogens (tertiary/aromatic N) is 1. The number of nitrogens with two attached hydrogens (primary N) is 1. The fourth-order valence-corrected chi connectivity index (χ4v) is 2.17. The summed E-state index contributed by atoms with van der Waals surface area (Å²) in [6, 6.07) is 4.89. The van der Waals surface area contributed by atoms with Gasteiger partial charge in [0.05, 0.1) is 9.62 Å². The number of aromatic hydroxyl groups is 1. The maximum absolute atomic E-state index is 10.5. The second-order valence-corrected chi connectivity index (χ2v) is 3.74. The highest BCUT2D eigenvalue weighted by Gasteiger charge is 2.21. The highest BCUT2D eigenvalue weighted by molar-refractivity contribution is 7.23. The van der Waals surface area contributed by atoms with Crippen LogP contribution >= 0.6 is 11.3 Å². The highest BCUT2D eigenvalue weighted by atomic mass is 32.1. The lowest BCUT2D eigenvalue weighted by Crippen LogP contribution is -1.82. The van der Waals surface area contributed by atoms with Gasteiger partial charge in [-0.3, -0.25) is 10.1 Å². The third-order valence-electron chi connectivity index (χ3n) is 1.87. The van der Waals surface area contributed by atoms with Gasteiger partial charge in [0.1, 0.15) is 0 Å². The number of fused-ring (bicyclic) bond motifs is 1. The fraction of sp³-hybridized carbons (Fsp3) is 0. The molecular formula is C8H6N2O3S. The third-order valence-corrected chi connectivity index (χ3v) is 3.06. The van der Waals surface area contributed by atoms with Gasteiger partial charge in [0.2, 0.25) is 5.75 Å². The molecule has 1 aromatic carbocycles. The highest BCUT2D eigenvalue weighted by Crippen LogP contribution is 2.44. The molecule has 0 aliphatic rings. The molecule has 1 aromatic heterocycles. The molecule has 2 rings (SSSR count). The molecule has 2 aromatic rings. The topological polar surface area (TPSA) is 89.4 Å². The van der Waals surface area contributed by atoms with Crippen LogP contribution in [0.25, 0.3) is 10.1 Å². The molecular weight excluding hydrogens is 204 g/mol. The lowest BCUT2D eigenvalue weighted by molar-refractivity contribution is -0.381. The molecule has 0 radical (unpaired) electrons. The standard InChI is InChI=1S/C8H6N2O3S/c9-5-3-1-2-4-6(11)8(10(12)13)14-7(4)5/h1-3,11H,9H2. The number of thiophene rings is 1. The van der Waals surface area contributed by atoms with E-state index < -0.39 is 4.92 Å². The van der Waals surface area contributed by atoms with E-state index in [0.717, 1.165) is 11.3 Å². The average Bonchev–Trinajstić information content (AvgIpc) is 2.46. The Kier molecular flexibility index (Phi) is 1.78. The van der Waals surface area contributed by atoms with Gasteiger partial charge in [0.15, 0.2) is 0 Å². The maximum Gasteiger partial charge on any atom is 0.366 e. The van der Waals surface area contributed by atoms with E-state index >= 15 is 0 Å². The fourth-order valence-electron chi connectivity index (χ4n) is 1.24. The van der Waals surface area contributed by atoms with Crippen LogP contribution in [0.3, 0.4) is 0 Å². The molecule has 6 heteroatoms. The molecule has 0 fully saturated rings. The summed E-state index contributed by atoms with van der Waals surface area (Å²) in [6.45, 7) is 0. The zero-order valence-corrected chi connectivity index (χ0v) is 7.75. The molecule has 0 bridgehead atoms. The normalized spacial score (nSPS) is 10.6. The van der Waals surface area contributed by atoms with Crippen LogP contribution in [0.1, 0.15) is 0 Å². The van der Waals surface area contributed by atoms with Crippen LogP contribution in [0.4, 0.5) is 10.7 Å². The number of anilines is 1. The molecule has 3 N–H and O–H groups in total. The Labute approximate surface area is 82.5 Å². The molecule has 14 heavy (non-hydrogen) atoms. The minimum Gasteiger partial charge on any atom is -0.501 e. The smallest absolute Gasteiger partial charge is 0.366 e. The van der Waals surface area contributed by atoms with Gasteiger partial charge in [0.25, 0.3) is 0 Å². The first kappa shape index (κ1) is 8.76. The number of nitro groups is 1. The Balaban J connectivity index is 2.86. The lowest BCUT2D eigenvalue weighted by Gasteiger charge is -1.92. The summed E-state index contributed by atoms with van der Waals surface area (Å²) in [5.41, 5.74) is 6.06. The minimum atomic E-state index is -0.612. The SMILES string of the molecule is Nc1cccc2c(O)c([N+](=O)[O-])sc12. The van der Waals surface area contributed by atoms with Gasteiger partial charge in [0, 0.05) is 11.1 Å². The zero-order chi connectivity index (χ0) is 10.3. The number of nitrogen functional groups attached to an aromatic ring is 1. The van der Waals surface area contributed by atoms with E-state index in [0.29, 0.717) is 15.8 Å². The van der Waals surface area contributed by atoms with Crippen molar-refractivity contribution in [3.8, 4) is 5.75 Å². The first-order valence-electron chi connectivity index (χ1n) is 3.75. The number of benzene rings is 1. The van der Waals surface area contributed by atoms with Crippen molar-refractivity contribution in [1.29, 1.82) is 0 Å². The van der Waals surface area contributed by atoms with E-state index in [4.69, 9.17) is 5.73 Å². The number of hydrogen-bond donors (Lipinski definition) is 2. The van der Waals surface area contributed by atoms with Crippen molar-refractivity contribution in [2.24, 2.45) is 0 Å². The molecule has 0 saturated heterocycles. The second kappa shape index (κ2) is 2.85. The van der Waals surface area contributed by atoms with Crippen molar-refractivity contribution in [2.45, 2.75) is 0 Å². The summed E-state index contributed by atoms with van der Waals surface area (Å²) in [5, 5.41) is 20.2. The van der Waals surface area contributed by atoms with Gasteiger partial charge in [-0.25, -0.2) is 0 Å². The molecule has 0 unspecified atom stereocenters. The van der Waals surface area contributed by atoms with E-state index in [1.54, 1.807) is 18.2 Å². The second-order valence-electron chi connectivity index (χ2n) is 2.74. The summed E-state index contributed by atoms with van der Waals surface area (Å²) in [7, 11) is 0. The van der Waals surface area contributed by atoms with Gasteiger partial charge in [-0.05, 0) is 12.1 Å². The Morgan fingerprint density at radius 3 is 2.79 bits per heavy atom. The maximum atomic E-state index is 10.5. The van der Waals surface area contributed by atoms with Gasteiger partial charge in [-0.2, -0.15) is 0 Å². The van der Waals surface area contributed by atoms with Crippen molar-refractivity contribution in [3.05, 3.63) is 28.3 Å². The predicted octanol–water partition coefficient (Wildman–Crippen LogP) is 2.10. The molecule has 0 aliphatic heterocycles. The molecule has 1 heterocycles. The zero-order valence-electron chi connectivity index (χ0n) is 6.93. The predicted molar refractivity (Wildman–Crippen MR) is 54.6 cm³/mol. The minimum absolute atomic E-state index is 0.266. The Morgan fingerprint density at radius 2 is 2.21 bits per heavy atom. The summed E-state index contributed by atoms with van der Waals surface area (Å²) in [5.74, 6) is -0.303. The van der Waals surface area contributed by atoms with Crippen LogP contribution in [-0.4, -0.2) is 10.0 Å². The van der Waals surface area contributed by atoms with Crippen molar-refractivity contribution in [2.75, 3.05) is 5.73 Å². The summed E-state index contributed by atoms with van der Waals surface area (Å²) < 4.78 is 0.552. The van der Waals surface area contributed by atoms with Crippen molar-refractivity contribution < 1.29 is 10.0 Å². The van der Waals surface area contributed by atoms with E-state index in [1.807, 2.05) is 0 Å². The first-order valence-corrected chi connectivity index (χ1v) is 4.57. The lowest BCUT2D eigenvalue weighted by atomic mass is 10.2. The van der Waals surface area contributed by atoms with E-state index in [1.165, 1.54) is 0 Å². The molecule has 72 valence electrons. The van der Waals surface area contributed by atoms with Crippen LogP contribution in [0.15, 0.2) is 18.2 Å². The molecule has 0 aliphatic carbocycles. The molecule has 0 spiro atoms. The largest absolute Gasteiger partial charge is 0.501 e. The molecule has 0 amide bonds. The van der Waals surface area contributed by atoms with Crippen LogP contribution < -0.4 is 5.73 Å². The van der Waals surface area contributed by atoms with Crippen molar-refractivity contribution in [3.63, 3.8) is 0 Å². The first-order chi connectivity index (χ1) is 6.61. The van der Waals surface area contributed by atoms with Gasteiger partial charge < -0.3 is 10.8 Å². The van der Waals surface area contributed by atoms with Gasteiger partial charge in [-0.15, -0.1) is 0 Å². The van der Waals surface area contributed by atoms with Crippen LogP contribution in [-0.2, 0) is 0 Å². The monoisotopic (exact) mass is 210 g/mol. The number of rotatable bonds is 1. The quantitative estimate of drug-likeness (QED) is 0.428. The summed E-state index contributed by atoms with van der Waals surface area (Å²) in [6.07, 6.45) is 0. The van der Waals surface area contributed by atoms with Gasteiger partial charge in [-0.1, -0.05) is 17.4 Å². The Morgan fingerprint density at radius 1 is 1.50 bits per heavy atom. The summed E-state index contributed by atoms with van der Waals surface area (Å²) in [4.78, 5) is 9.91. The molecule has 5 nitrogen and oxygen atoms in total. The van der Waals surface area contributed by atoms with E-state index in [2.05, 4.69) is 0 Å². The van der Waals surface area contributed by atoms with E-state index in [-0.39, 0.29) is 10.8 Å². The average molecular weight is 210 g/mol. The van der Waals surface area contributed by atoms with Crippen LogP contribution in [0, 0.1) is 10.1 Å². The van der Waals surface area contributed by atoms with Crippen LogP contribution in [0.5, 0.6) is 5.75 Å². The van der Waals surface area contributed by atoms with Crippen molar-refractivity contribution in [1.82, 2.24) is 0 Å². The molecule has 0 saturated carbocycles. The van der Waals surface area contributed by atoms with E-state index in [9.17, 15) is 15.2 Å². The van der Waals surface area contributed by atoms with Crippen LogP contribution in [0.2, 0.25) is 0 Å². The Hall–Kier alpha value is -1.82. The third kappa shape index (κ3) is 1.08. The van der Waals surface area contributed by atoms with Crippen molar-refractivity contribution >= 4 is 32.1 Å². The summed E-state index contributed by atoms with van der Waals surface area (Å²) >= 11 is 0.885. The Bertz CT molecular complexity index is 521. The molecule has 0 atom stereocenters. The number of hydrogen-bond acceptors (Lipinski definition) is 5. The van der Waals surface area contributed by atoms with Gasteiger partial charge >= 0.3 is 5.00 Å².